The quantitative estimate of drug-likeness (QED) is 0.0242. The van der Waals surface area contributed by atoms with E-state index in [9.17, 15) is 69.3 Å². The van der Waals surface area contributed by atoms with Gasteiger partial charge in [-0.25, -0.2) is 11.8 Å². The highest BCUT2D eigenvalue weighted by molar-refractivity contribution is 7.90. The Balaban J connectivity index is 0.937. The van der Waals surface area contributed by atoms with E-state index in [2.05, 4.69) is 79.8 Å². The number of aliphatic hydroxyl groups excluding tert-OH is 6. The molecule has 7 amide bonds. The molecule has 31 nitrogen and oxygen atoms in total. The van der Waals surface area contributed by atoms with Gasteiger partial charge in [-0.2, -0.15) is 0 Å². The summed E-state index contributed by atoms with van der Waals surface area (Å²) < 4.78 is 21.1. The molecule has 6 aliphatic rings. The number of ether oxygens (including phenoxy) is 2. The largest absolute Gasteiger partial charge is 0.504 e. The number of nitrogens with one attached hydrogen (secondary N) is 5. The lowest BCUT2D eigenvalue weighted by Gasteiger charge is -2.39. The van der Waals surface area contributed by atoms with Crippen LogP contribution in [0.4, 0.5) is 17.1 Å². The van der Waals surface area contributed by atoms with Crippen molar-refractivity contribution in [1.29, 1.82) is 0 Å². The summed E-state index contributed by atoms with van der Waals surface area (Å²) in [7, 11) is 0. The molecule has 494 valence electrons. The highest BCUT2D eigenvalue weighted by atomic mass is 32.2. The molecule has 6 saturated heterocycles. The number of fused-ring (bicyclic) bond motifs is 2. The van der Waals surface area contributed by atoms with E-state index in [0.29, 0.717) is 39.4 Å². The minimum Gasteiger partial charge on any atom is -0.504 e. The summed E-state index contributed by atoms with van der Waals surface area (Å²) in [5.74, 6) is -9.94. The molecule has 3 aromatic carbocycles. The van der Waals surface area contributed by atoms with Gasteiger partial charge >= 0.3 is 0 Å². The fourth-order valence-corrected chi connectivity index (χ4v) is 12.6. The molecule has 13 atom stereocenters. The SMILES string of the molecule is [C-]#[N+]C[C@@H](O)[C@@H]1NC(=O)[C@H]([C@H](O)Cc2ccc(O)c(OSOOO)c2)NC(=O)[C@@H]2C[C@H](O)CN2C(=O)[C@H]([C@H](C)O)NC(=O)[C@@H](NC(=O)c2ccc(N3CCN(c4ccc(N5CCC6(CC5)OCCO6)cc4)CC3)cc2)C[C@H](O)CNC(=O)[C@@H]2[C@@H](O)[C@H](C)CN2C1=O. The number of phenols is 1. The molecule has 0 unspecified atom stereocenters. The lowest BCUT2D eigenvalue weighted by atomic mass is 9.99. The van der Waals surface area contributed by atoms with Crippen molar-refractivity contribution in [1.82, 2.24) is 36.4 Å². The number of carbonyl (C=O) groups excluding carboxylic acids is 7. The number of benzene rings is 3. The second-order valence-electron chi connectivity index (χ2n) is 23.6. The van der Waals surface area contributed by atoms with Crippen molar-refractivity contribution in [3.05, 3.63) is 89.3 Å². The molecule has 0 aromatic heterocycles. The predicted octanol–water partition coefficient (Wildman–Crippen LogP) is -2.71. The maximum Gasteiger partial charge on any atom is 0.261 e. The molecule has 1 spiro atoms. The Hall–Kier alpha value is -7.65. The predicted molar refractivity (Wildman–Crippen MR) is 321 cm³/mol. The summed E-state index contributed by atoms with van der Waals surface area (Å²) >= 11 is 0.0730. The minimum atomic E-state index is -2.14. The zero-order valence-electron chi connectivity index (χ0n) is 49.9. The molecule has 0 saturated carbocycles. The average Bonchev–Trinajstić information content (AvgIpc) is 1.74. The van der Waals surface area contributed by atoms with Crippen LogP contribution in [-0.2, 0) is 54.0 Å². The zero-order valence-corrected chi connectivity index (χ0v) is 50.8. The van der Waals surface area contributed by atoms with Crippen LogP contribution in [0.3, 0.4) is 0 Å². The van der Waals surface area contributed by atoms with E-state index in [1.807, 2.05) is 0 Å². The van der Waals surface area contributed by atoms with Crippen LogP contribution in [0.1, 0.15) is 55.5 Å². The zero-order chi connectivity index (χ0) is 65.3. The first kappa shape index (κ1) is 67.7. The summed E-state index contributed by atoms with van der Waals surface area (Å²) in [6.07, 6.45) is -10.6. The second kappa shape index (κ2) is 30.2. The van der Waals surface area contributed by atoms with Crippen LogP contribution in [0, 0.1) is 12.5 Å². The van der Waals surface area contributed by atoms with Gasteiger partial charge in [0, 0.05) is 120 Å². The van der Waals surface area contributed by atoms with Gasteiger partial charge in [0.05, 0.1) is 43.7 Å². The molecule has 6 aliphatic heterocycles. The van der Waals surface area contributed by atoms with E-state index in [1.165, 1.54) is 19.1 Å². The number of anilines is 3. The van der Waals surface area contributed by atoms with Gasteiger partial charge in [-0.05, 0) is 73.2 Å². The fourth-order valence-electron chi connectivity index (χ4n) is 12.3. The second-order valence-corrected chi connectivity index (χ2v) is 24.0. The Morgan fingerprint density at radius 1 is 0.736 bits per heavy atom. The number of aliphatic hydroxyl groups is 6. The minimum absolute atomic E-state index is 0.0730. The molecule has 9 rings (SSSR count). The molecule has 6 fully saturated rings. The molecule has 32 heteroatoms. The number of hydrogen-bond acceptors (Lipinski definition) is 24. The Bertz CT molecular complexity index is 3110. The van der Waals surface area contributed by atoms with Crippen molar-refractivity contribution in [3.63, 3.8) is 0 Å². The van der Waals surface area contributed by atoms with Crippen LogP contribution in [0.15, 0.2) is 66.7 Å². The molecule has 3 aromatic rings. The van der Waals surface area contributed by atoms with Crippen molar-refractivity contribution in [2.24, 2.45) is 5.92 Å². The number of β-amino-alcohol motifs (C(OH)–C–C–N with tert-alkyl or cyclic N) is 1. The van der Waals surface area contributed by atoms with Crippen LogP contribution in [0.2, 0.25) is 0 Å². The van der Waals surface area contributed by atoms with E-state index < -0.39 is 171 Å². The first-order valence-electron chi connectivity index (χ1n) is 30.0. The standard InChI is InChI=1S/C59H77N11O20S/c1-32-30-70-50(51(32)77)56(82)61-28-39(72)26-41(62-52(78)35-5-7-36(8-6-35)67-18-20-68(21-19-67)38-11-9-37(10-12-38)66-16-14-59(15-17-66)86-22-23-87-59)53(79)63-47(33(2)71)57(83)69-31-40(73)27-42(69)54(80)64-48(55(81)65-49(58(70)84)45(76)29-60-3)44(75)24-34-4-13-43(74)46(25-34)88-91-90-89-85/h4-13,25,32-33,39-42,44-45,47-51,71-77,85H,14-24,26-31H2,1-2H3,(H,61,82)(H,62,78)(H,63,79)(H,64,80)(H,65,81)/t32-,33+,39+,40+,41+,42+,44-,45-,47+,48+,49+,50+,51+/m1/s1. The van der Waals surface area contributed by atoms with Gasteiger partial charge in [0.15, 0.2) is 23.4 Å². The molecule has 0 bridgehead atoms. The number of amides is 7. The topological polar surface area (TPSA) is 408 Å². The Morgan fingerprint density at radius 2 is 1.32 bits per heavy atom. The van der Waals surface area contributed by atoms with Crippen LogP contribution >= 0.6 is 12.3 Å². The number of aromatic hydroxyl groups is 1. The average molecular weight is 1290 g/mol. The van der Waals surface area contributed by atoms with Crippen LogP contribution in [0.25, 0.3) is 4.85 Å². The summed E-state index contributed by atoms with van der Waals surface area (Å²) in [6.45, 7) is 13.4. The Morgan fingerprint density at radius 3 is 1.92 bits per heavy atom. The number of hydrogen-bond donors (Lipinski definition) is 13. The lowest BCUT2D eigenvalue weighted by molar-refractivity contribution is -0.433. The van der Waals surface area contributed by atoms with Crippen molar-refractivity contribution < 1.29 is 97.6 Å². The van der Waals surface area contributed by atoms with Gasteiger partial charge < -0.3 is 105 Å². The van der Waals surface area contributed by atoms with E-state index in [4.69, 9.17) is 25.5 Å². The van der Waals surface area contributed by atoms with Crippen LogP contribution < -0.4 is 45.5 Å². The summed E-state index contributed by atoms with van der Waals surface area (Å²) in [5.41, 5.74) is 3.23. The first-order chi connectivity index (χ1) is 43.6. The molecule has 6 heterocycles. The number of piperidine rings is 1. The summed E-state index contributed by atoms with van der Waals surface area (Å²) in [6, 6.07) is 7.30. The van der Waals surface area contributed by atoms with E-state index in [-0.39, 0.29) is 35.7 Å². The Kier molecular flexibility index (Phi) is 22.5. The normalized spacial score (nSPS) is 28.2. The molecular weight excluding hydrogens is 1210 g/mol. The number of piperazine rings is 1. The van der Waals surface area contributed by atoms with Crippen molar-refractivity contribution in [3.8, 4) is 11.5 Å². The third-order valence-corrected chi connectivity index (χ3v) is 17.7. The van der Waals surface area contributed by atoms with Gasteiger partial charge in [0.1, 0.15) is 36.3 Å². The maximum atomic E-state index is 14.7. The summed E-state index contributed by atoms with van der Waals surface area (Å²) in [4.78, 5) is 113. The maximum absolute atomic E-state index is 14.7. The highest BCUT2D eigenvalue weighted by Crippen LogP contribution is 2.35. The molecular formula is C59H77N11O20S. The van der Waals surface area contributed by atoms with E-state index >= 15 is 0 Å². The van der Waals surface area contributed by atoms with Gasteiger partial charge in [-0.1, -0.05) is 22.4 Å². The van der Waals surface area contributed by atoms with Crippen molar-refractivity contribution >= 4 is 70.7 Å². The van der Waals surface area contributed by atoms with Gasteiger partial charge in [0.25, 0.3) is 18.2 Å². The number of rotatable bonds is 15. The smallest absolute Gasteiger partial charge is 0.261 e. The molecule has 91 heavy (non-hydrogen) atoms. The Labute approximate surface area is 527 Å². The van der Waals surface area contributed by atoms with Gasteiger partial charge in [0.2, 0.25) is 42.0 Å². The fraction of sp³-hybridized carbons (Fsp3) is 0.559. The third-order valence-electron chi connectivity index (χ3n) is 17.4. The van der Waals surface area contributed by atoms with Gasteiger partial charge in [-0.15, -0.1) is 0 Å². The number of phenolic OH excluding ortho intramolecular Hbond substituents is 1. The lowest BCUT2D eigenvalue weighted by Crippen LogP contribution is -2.64. The molecule has 0 aliphatic carbocycles. The van der Waals surface area contributed by atoms with E-state index in [0.717, 1.165) is 65.8 Å². The van der Waals surface area contributed by atoms with Gasteiger partial charge in [-0.3, -0.25) is 33.6 Å². The monoisotopic (exact) mass is 1290 g/mol. The first-order valence-corrected chi connectivity index (χ1v) is 30.6. The van der Waals surface area contributed by atoms with Crippen molar-refractivity contribution in [2.75, 3.05) is 93.4 Å². The summed E-state index contributed by atoms with van der Waals surface area (Å²) in [5, 5.41) is 103. The van der Waals surface area contributed by atoms with Crippen molar-refractivity contribution in [2.45, 2.75) is 125 Å². The van der Waals surface area contributed by atoms with Crippen LogP contribution in [-0.4, -0.2) is 249 Å². The molecule has 0 radical (unpaired) electrons. The molecule has 13 N–H and O–H groups in total. The third kappa shape index (κ3) is 16.2. The number of carbonyl (C=O) groups is 7. The van der Waals surface area contributed by atoms with E-state index in [1.54, 1.807) is 24.3 Å². The highest BCUT2D eigenvalue weighted by Gasteiger charge is 2.50. The van der Waals surface area contributed by atoms with Crippen LogP contribution in [0.5, 0.6) is 11.5 Å². The number of nitrogens with zero attached hydrogens (tertiary/aromatic N) is 6.